The highest BCUT2D eigenvalue weighted by molar-refractivity contribution is 14.1. The number of pyridine rings is 1. The minimum atomic E-state index is -4.76. The van der Waals surface area contributed by atoms with Gasteiger partial charge in [0.2, 0.25) is 11.8 Å². The number of phenolic OH excluding ortho intramolecular Hbond substituents is 1. The number of hydrogen-bond donors (Lipinski definition) is 2. The summed E-state index contributed by atoms with van der Waals surface area (Å²) in [5.74, 6) is -7.54. The van der Waals surface area contributed by atoms with Crippen molar-refractivity contribution in [3.63, 3.8) is 0 Å². The highest BCUT2D eigenvalue weighted by Gasteiger charge is 2.70. The molecule has 288 valence electrons. The summed E-state index contributed by atoms with van der Waals surface area (Å²) in [4.78, 5) is 63.7. The average Bonchev–Trinajstić information content (AvgIpc) is 3.54. The van der Waals surface area contributed by atoms with E-state index in [2.05, 4.69) is 10.4 Å². The average molecular weight is 938 g/mol. The number of phenols is 1. The van der Waals surface area contributed by atoms with Crippen molar-refractivity contribution < 1.29 is 42.2 Å². The fourth-order valence-electron chi connectivity index (χ4n) is 8.92. The lowest BCUT2D eigenvalue weighted by molar-refractivity contribution is -0.139. The molecule has 56 heavy (non-hydrogen) atoms. The molecule has 0 unspecified atom stereocenters. The summed E-state index contributed by atoms with van der Waals surface area (Å²) in [5, 5.41) is 11.9. The molecule has 0 radical (unpaired) electrons. The zero-order valence-corrected chi connectivity index (χ0v) is 33.2. The molecule has 4 amide bonds. The zero-order chi connectivity index (χ0) is 40.0. The van der Waals surface area contributed by atoms with Gasteiger partial charge in [-0.2, -0.15) is 18.2 Å². The van der Waals surface area contributed by atoms with Gasteiger partial charge < -0.3 is 9.84 Å². The Hall–Kier alpha value is -4.38. The van der Waals surface area contributed by atoms with Crippen LogP contribution in [0, 0.1) is 27.2 Å². The maximum absolute atomic E-state index is 15.4. The van der Waals surface area contributed by atoms with Crippen LogP contribution in [0.3, 0.4) is 0 Å². The molecule has 3 fully saturated rings. The van der Waals surface area contributed by atoms with Gasteiger partial charge >= 0.3 is 6.18 Å². The molecule has 2 saturated heterocycles. The molecule has 17 heteroatoms. The van der Waals surface area contributed by atoms with Crippen molar-refractivity contribution in [2.75, 3.05) is 17.4 Å². The smallest absolute Gasteiger partial charge is 0.417 e. The third-order valence-electron chi connectivity index (χ3n) is 11.2. The number of imide groups is 2. The highest BCUT2D eigenvalue weighted by Crippen LogP contribution is 2.64. The summed E-state index contributed by atoms with van der Waals surface area (Å²) in [7, 11) is 1.37. The van der Waals surface area contributed by atoms with Gasteiger partial charge in [0.15, 0.2) is 17.3 Å². The number of carbonyl (C=O) groups is 4. The largest absolute Gasteiger partial charge is 0.504 e. The number of hydrogen-bond acceptors (Lipinski definition) is 8. The molecular formula is C39H27Cl3F3IN4O6. The molecule has 2 aliphatic carbocycles. The Bertz CT molecular complexity index is 2380. The number of aromatic nitrogens is 1. The molecule has 2 aliphatic heterocycles. The number of benzene rings is 3. The molecule has 10 nitrogen and oxygen atoms in total. The van der Waals surface area contributed by atoms with Crippen molar-refractivity contribution in [3.8, 4) is 11.5 Å². The number of ether oxygens (including phenoxy) is 1. The Balaban J connectivity index is 1.33. The third kappa shape index (κ3) is 5.85. The Labute approximate surface area is 345 Å². The summed E-state index contributed by atoms with van der Waals surface area (Å²) >= 11 is 20.7. The number of rotatable bonds is 6. The van der Waals surface area contributed by atoms with Gasteiger partial charge in [0.1, 0.15) is 0 Å². The van der Waals surface area contributed by atoms with Crippen LogP contribution in [-0.2, 0) is 30.8 Å². The number of aromatic hydroxyl groups is 1. The molecule has 8 rings (SSSR count). The van der Waals surface area contributed by atoms with E-state index in [1.807, 2.05) is 28.7 Å². The van der Waals surface area contributed by atoms with E-state index in [0.29, 0.717) is 53.3 Å². The number of alkyl halides is 3. The van der Waals surface area contributed by atoms with Crippen LogP contribution in [0.15, 0.2) is 84.6 Å². The Morgan fingerprint density at radius 2 is 1.59 bits per heavy atom. The topological polar surface area (TPSA) is 129 Å². The van der Waals surface area contributed by atoms with Crippen molar-refractivity contribution in [2.24, 2.45) is 23.7 Å². The van der Waals surface area contributed by atoms with E-state index in [4.69, 9.17) is 39.5 Å². The first kappa shape index (κ1) is 38.5. The minimum absolute atomic E-state index is 0.0666. The van der Waals surface area contributed by atoms with Gasteiger partial charge in [0.05, 0.1) is 50.1 Å². The first-order valence-corrected chi connectivity index (χ1v) is 19.3. The number of carbonyl (C=O) groups excluding carboxylic acids is 4. The van der Waals surface area contributed by atoms with Crippen LogP contribution in [0.4, 0.5) is 24.7 Å². The van der Waals surface area contributed by atoms with Gasteiger partial charge in [-0.05, 0) is 107 Å². The lowest BCUT2D eigenvalue weighted by Gasteiger charge is -2.50. The first-order valence-electron chi connectivity index (χ1n) is 17.1. The third-order valence-corrected chi connectivity index (χ3v) is 12.9. The van der Waals surface area contributed by atoms with Crippen LogP contribution in [0.5, 0.6) is 11.5 Å². The number of amides is 4. The first-order chi connectivity index (χ1) is 26.6. The van der Waals surface area contributed by atoms with E-state index in [-0.39, 0.29) is 30.2 Å². The normalized spacial score (nSPS) is 25.9. The highest BCUT2D eigenvalue weighted by atomic mass is 127. The monoisotopic (exact) mass is 936 g/mol. The number of nitrogens with one attached hydrogen (secondary N) is 1. The number of halogens is 7. The minimum Gasteiger partial charge on any atom is -0.504 e. The Morgan fingerprint density at radius 3 is 2.21 bits per heavy atom. The second-order valence-corrected chi connectivity index (χ2v) is 16.4. The second kappa shape index (κ2) is 13.9. The molecule has 3 heterocycles. The van der Waals surface area contributed by atoms with Crippen molar-refractivity contribution in [1.29, 1.82) is 0 Å². The van der Waals surface area contributed by atoms with E-state index in [9.17, 15) is 32.7 Å². The number of nitrogens with zero attached hydrogens (tertiary/aromatic N) is 3. The van der Waals surface area contributed by atoms with Crippen molar-refractivity contribution in [1.82, 2.24) is 9.99 Å². The lowest BCUT2D eigenvalue weighted by Crippen LogP contribution is -2.53. The fourth-order valence-corrected chi connectivity index (χ4v) is 10.0. The molecule has 4 aromatic rings. The molecular weight excluding hydrogens is 911 g/mol. The Kier molecular flexibility index (Phi) is 9.57. The molecule has 0 bridgehead atoms. The second-order valence-electron chi connectivity index (χ2n) is 14.0. The number of allylic oxidation sites excluding steroid dienone is 2. The maximum atomic E-state index is 15.4. The molecule has 1 aromatic heterocycles. The van der Waals surface area contributed by atoms with Gasteiger partial charge in [-0.25, -0.2) is 4.98 Å². The molecule has 6 atom stereocenters. The van der Waals surface area contributed by atoms with Crippen LogP contribution in [0.1, 0.15) is 35.4 Å². The number of anilines is 2. The van der Waals surface area contributed by atoms with Gasteiger partial charge in [-0.15, -0.1) is 0 Å². The van der Waals surface area contributed by atoms with E-state index in [1.165, 1.54) is 7.11 Å². The van der Waals surface area contributed by atoms with Crippen LogP contribution < -0.4 is 15.1 Å². The van der Waals surface area contributed by atoms with Crippen LogP contribution >= 0.6 is 57.4 Å². The summed E-state index contributed by atoms with van der Waals surface area (Å²) in [5.41, 5.74) is 1.50. The van der Waals surface area contributed by atoms with E-state index < -0.39 is 75.4 Å². The molecule has 4 aliphatic rings. The molecule has 1 saturated carbocycles. The summed E-state index contributed by atoms with van der Waals surface area (Å²) in [6.07, 6.45) is -2.30. The van der Waals surface area contributed by atoms with Gasteiger partial charge in [-0.3, -0.25) is 29.5 Å². The fraction of sp³-hybridized carbons (Fsp3) is 0.256. The van der Waals surface area contributed by atoms with Crippen molar-refractivity contribution in [2.45, 2.75) is 30.4 Å². The van der Waals surface area contributed by atoms with Gasteiger partial charge in [-0.1, -0.05) is 58.6 Å². The van der Waals surface area contributed by atoms with E-state index in [1.54, 1.807) is 60.7 Å². The zero-order valence-electron chi connectivity index (χ0n) is 28.8. The van der Waals surface area contributed by atoms with Crippen molar-refractivity contribution >= 4 is 92.5 Å². The standard InChI is InChI=1S/C39H27Cl3F3IN4O6/c1-56-29-13-17(12-28(46)32(29)51)31-23-10-11-24-30(36(54)49(34(24)52)22-8-6-21(41)7-9-22)25(23)15-26-35(53)50(37(55)38(26,31)18-2-4-20(40)5-3-18)48-33-27(42)14-19(16-47-33)39(43,44)45/h2-10,12-14,16,24-26,30-31,51H,11,15H2,1H3,(H,47,48)/t24-,25+,26-,30-,31-,38+/m0/s1. The van der Waals surface area contributed by atoms with E-state index in [0.717, 1.165) is 4.90 Å². The van der Waals surface area contributed by atoms with Crippen molar-refractivity contribution in [3.05, 3.63) is 120 Å². The van der Waals surface area contributed by atoms with E-state index >= 15 is 4.79 Å². The maximum Gasteiger partial charge on any atom is 0.417 e. The van der Waals surface area contributed by atoms with Gasteiger partial charge in [0, 0.05) is 22.2 Å². The molecule has 0 spiro atoms. The summed E-state index contributed by atoms with van der Waals surface area (Å²) < 4.78 is 46.4. The SMILES string of the molecule is COc1cc([C@H]2C3=CC[C@@H]4C(=O)N(c5ccc(Cl)cc5)C(=O)[C@@H]4[C@@H]3C[C@H]3C(=O)N(Nc4ncc(C(F)(F)F)cc4Cl)C(=O)[C@@]23c2ccc(Cl)cc2)cc(I)c1O. The number of methoxy groups -OCH3 is 1. The summed E-state index contributed by atoms with van der Waals surface area (Å²) in [6.45, 7) is 0. The molecule has 3 aromatic carbocycles. The van der Waals surface area contributed by atoms with Gasteiger partial charge in [0.25, 0.3) is 11.8 Å². The Morgan fingerprint density at radius 1 is 0.929 bits per heavy atom. The number of fused-ring (bicyclic) bond motifs is 4. The molecule has 2 N–H and O–H groups in total. The van der Waals surface area contributed by atoms with Crippen LogP contribution in [0.2, 0.25) is 15.1 Å². The quantitative estimate of drug-likeness (QED) is 0.112. The van der Waals surface area contributed by atoms with Crippen LogP contribution in [0.25, 0.3) is 0 Å². The summed E-state index contributed by atoms with van der Waals surface area (Å²) in [6, 6.07) is 16.6. The number of hydrazine groups is 1. The predicted octanol–water partition coefficient (Wildman–Crippen LogP) is 8.57. The lowest BCUT2D eigenvalue weighted by atomic mass is 9.49. The van der Waals surface area contributed by atoms with Crippen LogP contribution in [-0.4, -0.2) is 45.8 Å². The predicted molar refractivity (Wildman–Crippen MR) is 208 cm³/mol.